The minimum atomic E-state index is -4.75. The molecule has 2 aromatic carbocycles. The van der Waals surface area contributed by atoms with Gasteiger partial charge in [0, 0.05) is 46.4 Å². The number of hydrogen-bond acceptors (Lipinski definition) is 5. The summed E-state index contributed by atoms with van der Waals surface area (Å²) in [4.78, 5) is 27.8. The second kappa shape index (κ2) is 11.3. The summed E-state index contributed by atoms with van der Waals surface area (Å²) in [6.07, 6.45) is -4.19. The zero-order valence-electron chi connectivity index (χ0n) is 19.7. The van der Waals surface area contributed by atoms with Crippen LogP contribution in [0.4, 0.5) is 13.2 Å². The first kappa shape index (κ1) is 27.5. The highest BCUT2D eigenvalue weighted by molar-refractivity contribution is 6.33. The Morgan fingerprint density at radius 3 is 2.57 bits per heavy atom. The molecule has 0 bridgehead atoms. The molecule has 7 nitrogen and oxygen atoms in total. The van der Waals surface area contributed by atoms with Gasteiger partial charge in [0.05, 0.1) is 18.7 Å². The number of carbonyl (C=O) groups is 2. The van der Waals surface area contributed by atoms with Crippen molar-refractivity contribution in [3.63, 3.8) is 0 Å². The van der Waals surface area contributed by atoms with Gasteiger partial charge >= 0.3 is 12.1 Å². The van der Waals surface area contributed by atoms with Gasteiger partial charge < -0.3 is 15.2 Å². The maximum atomic E-state index is 13.3. The van der Waals surface area contributed by atoms with E-state index in [2.05, 4.69) is 10.3 Å². The highest BCUT2D eigenvalue weighted by atomic mass is 35.5. The van der Waals surface area contributed by atoms with Crippen LogP contribution in [-0.2, 0) is 23.9 Å². The number of halogens is 4. The predicted octanol–water partition coefficient (Wildman–Crippen LogP) is 5.56. The molecule has 0 radical (unpaired) electrons. The molecule has 3 rings (SSSR count). The summed E-state index contributed by atoms with van der Waals surface area (Å²) >= 11 is 6.39. The van der Waals surface area contributed by atoms with E-state index in [1.54, 1.807) is 18.2 Å². The van der Waals surface area contributed by atoms with Gasteiger partial charge in [0.2, 0.25) is 0 Å². The number of pyridine rings is 1. The SMILES string of the molecule is COc1cccc(C)c1CNC(=O)c1cc(-c2cnc(C(F)(F)F)cc2C#N)c(Cl)cc1CCC(=O)O. The molecule has 0 saturated heterocycles. The molecule has 1 aromatic heterocycles. The quantitative estimate of drug-likeness (QED) is 0.394. The lowest BCUT2D eigenvalue weighted by Gasteiger charge is -2.16. The summed E-state index contributed by atoms with van der Waals surface area (Å²) in [7, 11) is 1.50. The first-order valence-electron chi connectivity index (χ1n) is 10.9. The van der Waals surface area contributed by atoms with Gasteiger partial charge in [-0.25, -0.2) is 0 Å². The fourth-order valence-electron chi connectivity index (χ4n) is 3.76. The number of carboxylic acids is 1. The highest BCUT2D eigenvalue weighted by Crippen LogP contribution is 2.36. The van der Waals surface area contributed by atoms with Gasteiger partial charge in [-0.3, -0.25) is 14.6 Å². The number of carbonyl (C=O) groups excluding carboxylic acids is 1. The van der Waals surface area contributed by atoms with Crippen LogP contribution in [0.3, 0.4) is 0 Å². The molecule has 1 heterocycles. The minimum Gasteiger partial charge on any atom is -0.496 e. The van der Waals surface area contributed by atoms with E-state index in [0.717, 1.165) is 17.3 Å². The van der Waals surface area contributed by atoms with Crippen molar-refractivity contribution >= 4 is 23.5 Å². The molecule has 0 fully saturated rings. The molecule has 37 heavy (non-hydrogen) atoms. The maximum Gasteiger partial charge on any atom is 0.433 e. The zero-order chi connectivity index (χ0) is 27.3. The van der Waals surface area contributed by atoms with Crippen LogP contribution in [0.2, 0.25) is 5.02 Å². The largest absolute Gasteiger partial charge is 0.496 e. The Morgan fingerprint density at radius 1 is 1.22 bits per heavy atom. The van der Waals surface area contributed by atoms with Gasteiger partial charge in [-0.05, 0) is 48.7 Å². The number of aliphatic carboxylic acids is 1. The van der Waals surface area contributed by atoms with Crippen molar-refractivity contribution < 1.29 is 32.6 Å². The van der Waals surface area contributed by atoms with Crippen molar-refractivity contribution in [2.45, 2.75) is 32.5 Å². The molecule has 2 N–H and O–H groups in total. The third-order valence-corrected chi connectivity index (χ3v) is 5.98. The molecule has 11 heteroatoms. The average molecular weight is 532 g/mol. The predicted molar refractivity (Wildman–Crippen MR) is 129 cm³/mol. The van der Waals surface area contributed by atoms with Gasteiger partial charge in [0.1, 0.15) is 11.4 Å². The fraction of sp³-hybridized carbons (Fsp3) is 0.231. The number of alkyl halides is 3. The maximum absolute atomic E-state index is 13.3. The molecule has 0 atom stereocenters. The Hall–Kier alpha value is -4.10. The van der Waals surface area contributed by atoms with Crippen LogP contribution in [0.15, 0.2) is 42.6 Å². The van der Waals surface area contributed by atoms with Crippen molar-refractivity contribution in [2.75, 3.05) is 7.11 Å². The van der Waals surface area contributed by atoms with Gasteiger partial charge in [0.25, 0.3) is 5.91 Å². The standard InChI is InChI=1S/C26H21ClF3N3O4/c1-14-4-3-5-22(37-2)19(14)12-33-25(36)17-10-18(21(27)8-15(17)6-7-24(34)35)20-13-32-23(26(28,29)30)9-16(20)11-31/h3-5,8-10,13H,6-7,12H2,1-2H3,(H,33,36)(H,34,35). The van der Waals surface area contributed by atoms with Gasteiger partial charge in [-0.2, -0.15) is 18.4 Å². The highest BCUT2D eigenvalue weighted by Gasteiger charge is 2.33. The first-order chi connectivity index (χ1) is 17.5. The second-order valence-electron chi connectivity index (χ2n) is 8.05. The van der Waals surface area contributed by atoms with E-state index in [9.17, 15) is 28.0 Å². The lowest BCUT2D eigenvalue weighted by Crippen LogP contribution is -2.25. The van der Waals surface area contributed by atoms with E-state index in [1.807, 2.05) is 13.0 Å². The van der Waals surface area contributed by atoms with E-state index in [-0.39, 0.29) is 46.7 Å². The molecule has 0 spiro atoms. The monoisotopic (exact) mass is 531 g/mol. The molecule has 1 amide bonds. The third-order valence-electron chi connectivity index (χ3n) is 5.66. The van der Waals surface area contributed by atoms with Crippen molar-refractivity contribution in [3.05, 3.63) is 81.1 Å². The first-order valence-corrected chi connectivity index (χ1v) is 11.3. The number of nitriles is 1. The summed E-state index contributed by atoms with van der Waals surface area (Å²) in [5.41, 5.74) is 0.527. The van der Waals surface area contributed by atoms with E-state index >= 15 is 0 Å². The van der Waals surface area contributed by atoms with E-state index in [1.165, 1.54) is 19.2 Å². The number of rotatable bonds is 8. The summed E-state index contributed by atoms with van der Waals surface area (Å²) in [6.45, 7) is 1.94. The van der Waals surface area contributed by atoms with Crippen LogP contribution in [0.1, 0.15) is 44.7 Å². The number of aryl methyl sites for hydroxylation is 2. The number of nitrogens with zero attached hydrogens (tertiary/aromatic N) is 2. The normalized spacial score (nSPS) is 11.1. The van der Waals surface area contributed by atoms with Crippen molar-refractivity contribution in [1.82, 2.24) is 10.3 Å². The molecule has 0 unspecified atom stereocenters. The lowest BCUT2D eigenvalue weighted by atomic mass is 9.94. The number of hydrogen-bond donors (Lipinski definition) is 2. The summed E-state index contributed by atoms with van der Waals surface area (Å²) in [5.74, 6) is -1.09. The lowest BCUT2D eigenvalue weighted by molar-refractivity contribution is -0.141. The van der Waals surface area contributed by atoms with Crippen molar-refractivity contribution in [2.24, 2.45) is 0 Å². The molecule has 0 aliphatic carbocycles. The molecule has 3 aromatic rings. The van der Waals surface area contributed by atoms with Gasteiger partial charge in [-0.1, -0.05) is 23.7 Å². The van der Waals surface area contributed by atoms with Crippen LogP contribution in [-0.4, -0.2) is 29.1 Å². The topological polar surface area (TPSA) is 112 Å². The number of amides is 1. The zero-order valence-corrected chi connectivity index (χ0v) is 20.5. The second-order valence-corrected chi connectivity index (χ2v) is 8.45. The number of nitrogens with one attached hydrogen (secondary N) is 1. The Balaban J connectivity index is 2.06. The van der Waals surface area contributed by atoms with E-state index < -0.39 is 23.7 Å². The van der Waals surface area contributed by atoms with Crippen molar-refractivity contribution in [1.29, 1.82) is 5.26 Å². The number of methoxy groups -OCH3 is 1. The molecular formula is C26H21ClF3N3O4. The Kier molecular flexibility index (Phi) is 8.40. The number of aromatic nitrogens is 1. The average Bonchev–Trinajstić information content (AvgIpc) is 2.85. The van der Waals surface area contributed by atoms with Crippen LogP contribution in [0.5, 0.6) is 5.75 Å². The Morgan fingerprint density at radius 2 is 1.95 bits per heavy atom. The molecule has 192 valence electrons. The summed E-state index contributed by atoms with van der Waals surface area (Å²) in [5, 5.41) is 21.4. The van der Waals surface area contributed by atoms with Gasteiger partial charge in [0.15, 0.2) is 0 Å². The number of carboxylic acid groups (broad SMARTS) is 1. The Labute approximate surface area is 215 Å². The summed E-state index contributed by atoms with van der Waals surface area (Å²) < 4.78 is 44.6. The third kappa shape index (κ3) is 6.37. The van der Waals surface area contributed by atoms with Crippen molar-refractivity contribution in [3.8, 4) is 22.9 Å². The van der Waals surface area contributed by atoms with Crippen LogP contribution >= 0.6 is 11.6 Å². The molecular weight excluding hydrogens is 511 g/mol. The molecule has 0 aliphatic heterocycles. The van der Waals surface area contributed by atoms with Crippen LogP contribution in [0, 0.1) is 18.3 Å². The summed E-state index contributed by atoms with van der Waals surface area (Å²) in [6, 6.07) is 10.4. The van der Waals surface area contributed by atoms with E-state index in [0.29, 0.717) is 17.4 Å². The van der Waals surface area contributed by atoms with E-state index in [4.69, 9.17) is 21.4 Å². The van der Waals surface area contributed by atoms with Gasteiger partial charge in [-0.15, -0.1) is 0 Å². The molecule has 0 aliphatic rings. The number of benzene rings is 2. The Bertz CT molecular complexity index is 1400. The smallest absolute Gasteiger partial charge is 0.433 e. The minimum absolute atomic E-state index is 0.0000855. The fourth-order valence-corrected chi connectivity index (χ4v) is 4.04. The number of ether oxygens (including phenoxy) is 1. The van der Waals surface area contributed by atoms with Crippen LogP contribution < -0.4 is 10.1 Å². The van der Waals surface area contributed by atoms with Crippen LogP contribution in [0.25, 0.3) is 11.1 Å². The molecule has 0 saturated carbocycles.